The summed E-state index contributed by atoms with van der Waals surface area (Å²) in [5.41, 5.74) is 1.86. The first-order chi connectivity index (χ1) is 6.83. The average Bonchev–Trinajstić information content (AvgIpc) is 2.58. The summed E-state index contributed by atoms with van der Waals surface area (Å²) in [7, 11) is -0.820. The highest BCUT2D eigenvalue weighted by atomic mass is 32.2. The Morgan fingerprint density at radius 2 is 2.50 bits per heavy atom. The van der Waals surface area contributed by atoms with Crippen molar-refractivity contribution < 1.29 is 9.68 Å². The first-order valence-corrected chi connectivity index (χ1v) is 5.19. The Bertz CT molecular complexity index is 391. The van der Waals surface area contributed by atoms with E-state index >= 15 is 0 Å². The summed E-state index contributed by atoms with van der Waals surface area (Å²) in [6.45, 7) is 7.17. The lowest BCUT2D eigenvalue weighted by Crippen LogP contribution is -2.29. The molecule has 0 bridgehead atoms. The fourth-order valence-electron chi connectivity index (χ4n) is 1.48. The van der Waals surface area contributed by atoms with Gasteiger partial charge in [-0.2, -0.15) is 0 Å². The molecule has 0 aliphatic carbocycles. The molecule has 1 aromatic carbocycles. The Morgan fingerprint density at radius 3 is 3.29 bits per heavy atom. The van der Waals surface area contributed by atoms with Crippen LogP contribution >= 0.6 is 11.8 Å². The van der Waals surface area contributed by atoms with E-state index in [0.717, 1.165) is 15.9 Å². The molecule has 0 atom stereocenters. The zero-order valence-electron chi connectivity index (χ0n) is 7.43. The van der Waals surface area contributed by atoms with Gasteiger partial charge in [0.2, 0.25) is 0 Å². The van der Waals surface area contributed by atoms with Gasteiger partial charge in [0.25, 0.3) is 5.88 Å². The maximum atomic E-state index is 9.55. The average molecular weight is 205 g/mol. The van der Waals surface area contributed by atoms with Crippen molar-refractivity contribution in [3.63, 3.8) is 0 Å². The molecule has 14 heavy (non-hydrogen) atoms. The quantitative estimate of drug-likeness (QED) is 0.442. The second kappa shape index (κ2) is 4.05. The van der Waals surface area contributed by atoms with Crippen LogP contribution in [0.4, 0.5) is 0 Å². The van der Waals surface area contributed by atoms with E-state index in [1.54, 1.807) is 0 Å². The monoisotopic (exact) mass is 205 g/mol. The van der Waals surface area contributed by atoms with Crippen LogP contribution in [0.25, 0.3) is 4.85 Å². The molecule has 3 nitrogen and oxygen atoms in total. The lowest BCUT2D eigenvalue weighted by molar-refractivity contribution is 0.275. The number of thioether (sulfide) groups is 1. The summed E-state index contributed by atoms with van der Waals surface area (Å²) in [5.74, 6) is 0.378. The van der Waals surface area contributed by atoms with Gasteiger partial charge in [-0.15, -0.1) is 0 Å². The SMILES string of the molecule is [C-]#[N+]CSc1cccc2c1B(O)OC2. The van der Waals surface area contributed by atoms with Gasteiger partial charge in [-0.3, -0.25) is 0 Å². The largest absolute Gasteiger partial charge is 0.492 e. The maximum absolute atomic E-state index is 9.55. The topological polar surface area (TPSA) is 33.8 Å². The number of rotatable bonds is 2. The second-order valence-electron chi connectivity index (χ2n) is 2.92. The Kier molecular flexibility index (Phi) is 2.78. The smallest absolute Gasteiger partial charge is 0.423 e. The van der Waals surface area contributed by atoms with E-state index in [4.69, 9.17) is 11.2 Å². The van der Waals surface area contributed by atoms with Gasteiger partial charge in [0.05, 0.1) is 6.61 Å². The van der Waals surface area contributed by atoms with E-state index in [1.165, 1.54) is 11.8 Å². The molecule has 1 aliphatic heterocycles. The number of benzene rings is 1. The highest BCUT2D eigenvalue weighted by Gasteiger charge is 2.30. The van der Waals surface area contributed by atoms with E-state index in [2.05, 4.69) is 4.85 Å². The molecule has 70 valence electrons. The zero-order chi connectivity index (χ0) is 9.97. The van der Waals surface area contributed by atoms with Crippen molar-refractivity contribution in [2.24, 2.45) is 0 Å². The van der Waals surface area contributed by atoms with Crippen molar-refractivity contribution in [1.82, 2.24) is 0 Å². The maximum Gasteiger partial charge on any atom is 0.492 e. The number of hydrogen-bond acceptors (Lipinski definition) is 3. The van der Waals surface area contributed by atoms with Crippen molar-refractivity contribution in [2.75, 3.05) is 5.88 Å². The lowest BCUT2D eigenvalue weighted by Gasteiger charge is -2.03. The van der Waals surface area contributed by atoms with Crippen molar-refractivity contribution in [3.8, 4) is 0 Å². The summed E-state index contributed by atoms with van der Waals surface area (Å²) in [4.78, 5) is 4.22. The number of hydrogen-bond donors (Lipinski definition) is 1. The van der Waals surface area contributed by atoms with Gasteiger partial charge < -0.3 is 14.5 Å². The van der Waals surface area contributed by atoms with Gasteiger partial charge in [0.15, 0.2) is 0 Å². The van der Waals surface area contributed by atoms with Crippen LogP contribution in [0.3, 0.4) is 0 Å². The highest BCUT2D eigenvalue weighted by Crippen LogP contribution is 2.21. The van der Waals surface area contributed by atoms with Crippen LogP contribution in [0.15, 0.2) is 23.1 Å². The minimum atomic E-state index is -0.820. The van der Waals surface area contributed by atoms with E-state index in [9.17, 15) is 5.02 Å². The minimum absolute atomic E-state index is 0.378. The Hall–Kier alpha value is -0.955. The molecule has 0 unspecified atom stereocenters. The summed E-state index contributed by atoms with van der Waals surface area (Å²) in [6, 6.07) is 5.77. The van der Waals surface area contributed by atoms with Gasteiger partial charge in [-0.1, -0.05) is 12.1 Å². The predicted molar refractivity (Wildman–Crippen MR) is 56.2 cm³/mol. The summed E-state index contributed by atoms with van der Waals surface area (Å²) < 4.78 is 5.11. The van der Waals surface area contributed by atoms with Gasteiger partial charge >= 0.3 is 7.12 Å². The van der Waals surface area contributed by atoms with Crippen molar-refractivity contribution in [3.05, 3.63) is 35.2 Å². The van der Waals surface area contributed by atoms with Crippen molar-refractivity contribution in [2.45, 2.75) is 11.5 Å². The van der Waals surface area contributed by atoms with Gasteiger partial charge in [-0.05, 0) is 23.4 Å². The van der Waals surface area contributed by atoms with Gasteiger partial charge in [0.1, 0.15) is 0 Å². The molecular formula is C9H8BNO2S. The fraction of sp³-hybridized carbons (Fsp3) is 0.222. The van der Waals surface area contributed by atoms with Gasteiger partial charge in [0, 0.05) is 10.4 Å². The standard InChI is InChI=1S/C9H8BNO2S/c1-11-6-14-8-4-2-3-7-5-13-10(12)9(7)8/h2-4,12H,5-6H2. The third kappa shape index (κ3) is 1.64. The van der Waals surface area contributed by atoms with E-state index in [-0.39, 0.29) is 0 Å². The van der Waals surface area contributed by atoms with Crippen LogP contribution in [0.2, 0.25) is 0 Å². The first-order valence-electron chi connectivity index (χ1n) is 4.20. The lowest BCUT2D eigenvalue weighted by atomic mass is 9.79. The van der Waals surface area contributed by atoms with Crippen LogP contribution in [-0.4, -0.2) is 18.0 Å². The van der Waals surface area contributed by atoms with Crippen LogP contribution in [-0.2, 0) is 11.3 Å². The Balaban J connectivity index is 2.33. The third-order valence-corrected chi connectivity index (χ3v) is 3.01. The molecule has 5 heteroatoms. The highest BCUT2D eigenvalue weighted by molar-refractivity contribution is 7.99. The van der Waals surface area contributed by atoms with E-state index in [0.29, 0.717) is 12.5 Å². The number of fused-ring (bicyclic) bond motifs is 1. The molecule has 0 fully saturated rings. The predicted octanol–water partition coefficient (Wildman–Crippen LogP) is 0.873. The minimum Gasteiger partial charge on any atom is -0.423 e. The van der Waals surface area contributed by atoms with Crippen LogP contribution in [0.1, 0.15) is 5.56 Å². The molecule has 0 radical (unpaired) electrons. The molecular weight excluding hydrogens is 197 g/mol. The molecule has 0 amide bonds. The van der Waals surface area contributed by atoms with Crippen LogP contribution in [0.5, 0.6) is 0 Å². The number of nitrogens with zero attached hydrogens (tertiary/aromatic N) is 1. The van der Waals surface area contributed by atoms with Gasteiger partial charge in [-0.25, -0.2) is 6.57 Å². The molecule has 2 rings (SSSR count). The molecule has 0 spiro atoms. The Labute approximate surface area is 87.0 Å². The molecule has 1 aromatic rings. The second-order valence-corrected chi connectivity index (χ2v) is 3.91. The van der Waals surface area contributed by atoms with E-state index < -0.39 is 7.12 Å². The zero-order valence-corrected chi connectivity index (χ0v) is 8.25. The molecule has 0 saturated heterocycles. The third-order valence-electron chi connectivity index (χ3n) is 2.08. The first kappa shape index (κ1) is 9.59. The molecule has 1 N–H and O–H groups in total. The fourth-order valence-corrected chi connectivity index (χ4v) is 2.24. The normalized spacial score (nSPS) is 13.9. The van der Waals surface area contributed by atoms with Crippen LogP contribution in [0, 0.1) is 6.57 Å². The summed E-state index contributed by atoms with van der Waals surface area (Å²) in [5, 5.41) is 9.55. The van der Waals surface area contributed by atoms with Crippen molar-refractivity contribution >= 4 is 24.3 Å². The van der Waals surface area contributed by atoms with E-state index in [1.807, 2.05) is 18.2 Å². The van der Waals surface area contributed by atoms with Crippen molar-refractivity contribution in [1.29, 1.82) is 0 Å². The molecule has 0 aromatic heterocycles. The Morgan fingerprint density at radius 1 is 1.64 bits per heavy atom. The molecule has 0 saturated carbocycles. The van der Waals surface area contributed by atoms with Crippen LogP contribution < -0.4 is 5.46 Å². The molecule has 1 aliphatic rings. The summed E-state index contributed by atoms with van der Waals surface area (Å²) in [6.07, 6.45) is 0. The molecule has 1 heterocycles. The summed E-state index contributed by atoms with van der Waals surface area (Å²) >= 11 is 1.44.